The highest BCUT2D eigenvalue weighted by molar-refractivity contribution is 5.97. The van der Waals surface area contributed by atoms with Gasteiger partial charge in [-0.25, -0.2) is 9.59 Å². The average Bonchev–Trinajstić information content (AvgIpc) is 4.05. The first-order valence-electron chi connectivity index (χ1n) is 24.4. The number of aliphatic hydroxyl groups excluding tert-OH is 1. The number of nitrogens with zero attached hydrogens (tertiary/aromatic N) is 2. The minimum Gasteiger partial charge on any atom is -0.462 e. The molecule has 6 aliphatic rings. The Labute approximate surface area is 393 Å². The lowest BCUT2D eigenvalue weighted by Crippen LogP contribution is -2.70. The van der Waals surface area contributed by atoms with Crippen LogP contribution in [0.25, 0.3) is 6.08 Å². The van der Waals surface area contributed by atoms with E-state index in [1.165, 1.54) is 11.1 Å². The normalized spacial score (nSPS) is 29.9. The Kier molecular flexibility index (Phi) is 15.6. The summed E-state index contributed by atoms with van der Waals surface area (Å²) >= 11 is 0. The van der Waals surface area contributed by atoms with E-state index in [0.717, 1.165) is 38.5 Å². The number of nitrogens with one attached hydrogen (secondary N) is 1. The fourth-order valence-electron chi connectivity index (χ4n) is 10.6. The van der Waals surface area contributed by atoms with E-state index in [0.29, 0.717) is 36.8 Å². The zero-order valence-corrected chi connectivity index (χ0v) is 40.3. The van der Waals surface area contributed by atoms with Gasteiger partial charge in [0.05, 0.1) is 19.2 Å². The van der Waals surface area contributed by atoms with E-state index >= 15 is 4.79 Å². The zero-order chi connectivity index (χ0) is 48.3. The van der Waals surface area contributed by atoms with Crippen molar-refractivity contribution in [3.05, 3.63) is 41.5 Å². The Bertz CT molecular complexity index is 2020. The number of esters is 4. The van der Waals surface area contributed by atoms with Crippen molar-refractivity contribution in [1.29, 1.82) is 0 Å². The topological polar surface area (TPSA) is 206 Å². The number of hydroxylamine groups is 2. The van der Waals surface area contributed by atoms with Crippen molar-refractivity contribution in [2.75, 3.05) is 19.8 Å². The van der Waals surface area contributed by atoms with Crippen molar-refractivity contribution in [3.8, 4) is 0 Å². The maximum Gasteiger partial charge on any atom is 0.348 e. The molecule has 2 N–H and O–H groups in total. The Hall–Kier alpha value is -4.42. The standard InChI is InChI=1S/C50H71N3O14/c1-8-10-12-23-49(24-13-11-9-2)65-38-35-27-50(46(60)52-25-15-18-34(52)43(57)51-33(29-54)20-22-37(56)64-47(3,4)5)40(44(58)62-35)53(67-41(50)39(38)66-49)28-32-17-14-16-31(26-32)19-21-36(55)63-42-45(59)61-30-48(42,6)7/h14,16-17,19,21,26,33-35,38-42,54H,8-13,15,18,20,22-25,27-30H2,1-7H3,(H,51,57)/t33-,34+,35?,38-,39-,40-,41+,42-,50?/m0/s1. The molecule has 2 unspecified atom stereocenters. The monoisotopic (exact) mass is 937 g/mol. The predicted molar refractivity (Wildman–Crippen MR) is 241 cm³/mol. The van der Waals surface area contributed by atoms with Crippen LogP contribution >= 0.6 is 0 Å². The zero-order valence-electron chi connectivity index (χ0n) is 40.3. The van der Waals surface area contributed by atoms with Gasteiger partial charge in [-0.2, -0.15) is 5.06 Å². The lowest BCUT2D eigenvalue weighted by atomic mass is 9.62. The summed E-state index contributed by atoms with van der Waals surface area (Å²) in [7, 11) is 0. The molecule has 7 rings (SSSR count). The lowest BCUT2D eigenvalue weighted by Gasteiger charge is -2.50. The molecule has 0 radical (unpaired) electrons. The number of ether oxygens (including phenoxy) is 6. The molecule has 5 heterocycles. The molecular formula is C50H71N3O14. The predicted octanol–water partition coefficient (Wildman–Crippen LogP) is 5.23. The number of cyclic esters (lactones) is 1. The number of likely N-dealkylation sites (tertiary alicyclic amines) is 1. The van der Waals surface area contributed by atoms with Gasteiger partial charge in [0, 0.05) is 43.7 Å². The van der Waals surface area contributed by atoms with Gasteiger partial charge in [0.25, 0.3) is 0 Å². The molecule has 0 aromatic heterocycles. The molecule has 5 saturated heterocycles. The first-order valence-corrected chi connectivity index (χ1v) is 24.4. The minimum absolute atomic E-state index is 0.0229. The van der Waals surface area contributed by atoms with Crippen LogP contribution < -0.4 is 5.32 Å². The summed E-state index contributed by atoms with van der Waals surface area (Å²) in [5, 5.41) is 14.6. The summed E-state index contributed by atoms with van der Waals surface area (Å²) in [4.78, 5) is 90.4. The summed E-state index contributed by atoms with van der Waals surface area (Å²) in [5.74, 6) is -4.24. The number of fused-ring (bicyclic) bond motifs is 4. The van der Waals surface area contributed by atoms with Crippen molar-refractivity contribution in [3.63, 3.8) is 0 Å². The van der Waals surface area contributed by atoms with E-state index in [4.69, 9.17) is 33.3 Å². The molecule has 2 amide bonds. The molecule has 2 bridgehead atoms. The van der Waals surface area contributed by atoms with E-state index in [-0.39, 0.29) is 39.0 Å². The molecule has 1 saturated carbocycles. The fraction of sp³-hybridized carbons (Fsp3) is 0.720. The van der Waals surface area contributed by atoms with Crippen molar-refractivity contribution in [2.45, 2.75) is 199 Å². The second kappa shape index (κ2) is 20.7. The maximum atomic E-state index is 15.7. The van der Waals surface area contributed by atoms with E-state index in [1.807, 2.05) is 12.1 Å². The Morgan fingerprint density at radius 3 is 2.37 bits per heavy atom. The largest absolute Gasteiger partial charge is 0.462 e. The van der Waals surface area contributed by atoms with Gasteiger partial charge in [-0.05, 0) is 70.1 Å². The number of hydrogen-bond donors (Lipinski definition) is 2. The van der Waals surface area contributed by atoms with Crippen LogP contribution in [0, 0.1) is 10.8 Å². The van der Waals surface area contributed by atoms with Crippen LogP contribution in [0.2, 0.25) is 0 Å². The first kappa shape index (κ1) is 50.5. The number of rotatable bonds is 20. The van der Waals surface area contributed by atoms with Gasteiger partial charge < -0.3 is 43.7 Å². The molecule has 0 spiro atoms. The molecule has 5 aliphatic heterocycles. The number of hydrogen-bond acceptors (Lipinski definition) is 15. The number of carbonyl (C=O) groups excluding carboxylic acids is 6. The van der Waals surface area contributed by atoms with Crippen LogP contribution in [0.4, 0.5) is 0 Å². The third-order valence-electron chi connectivity index (χ3n) is 13.9. The van der Waals surface area contributed by atoms with Gasteiger partial charge in [0.2, 0.25) is 17.9 Å². The maximum absolute atomic E-state index is 15.7. The van der Waals surface area contributed by atoms with Crippen LogP contribution in [-0.4, -0.2) is 131 Å². The third kappa shape index (κ3) is 10.9. The minimum atomic E-state index is -1.53. The van der Waals surface area contributed by atoms with Gasteiger partial charge in [-0.3, -0.25) is 24.0 Å². The molecule has 1 aromatic carbocycles. The van der Waals surface area contributed by atoms with Gasteiger partial charge in [0.15, 0.2) is 11.8 Å². The van der Waals surface area contributed by atoms with Gasteiger partial charge >= 0.3 is 23.9 Å². The molecule has 17 heteroatoms. The number of carbonyl (C=O) groups is 6. The Morgan fingerprint density at radius 1 is 1.00 bits per heavy atom. The number of benzene rings is 1. The van der Waals surface area contributed by atoms with Crippen LogP contribution in [0.1, 0.15) is 143 Å². The average molecular weight is 938 g/mol. The van der Waals surface area contributed by atoms with E-state index in [2.05, 4.69) is 19.2 Å². The fourth-order valence-corrected chi connectivity index (χ4v) is 10.6. The number of amides is 2. The third-order valence-corrected chi connectivity index (χ3v) is 13.9. The van der Waals surface area contributed by atoms with Crippen molar-refractivity contribution in [2.24, 2.45) is 10.8 Å². The van der Waals surface area contributed by atoms with E-state index in [1.54, 1.807) is 57.7 Å². The highest BCUT2D eigenvalue weighted by Gasteiger charge is 2.77. The Morgan fingerprint density at radius 2 is 1.72 bits per heavy atom. The summed E-state index contributed by atoms with van der Waals surface area (Å²) in [6.07, 6.45) is 6.53. The van der Waals surface area contributed by atoms with Crippen LogP contribution in [0.5, 0.6) is 0 Å². The summed E-state index contributed by atoms with van der Waals surface area (Å²) in [6, 6.07) is 4.36. The molecule has 370 valence electrons. The summed E-state index contributed by atoms with van der Waals surface area (Å²) in [5.41, 5.74) is -1.55. The van der Waals surface area contributed by atoms with Crippen LogP contribution in [0.15, 0.2) is 30.3 Å². The molecule has 9 atom stereocenters. The highest BCUT2D eigenvalue weighted by atomic mass is 16.8. The summed E-state index contributed by atoms with van der Waals surface area (Å²) in [6.45, 7) is 13.2. The second-order valence-electron chi connectivity index (χ2n) is 20.9. The quantitative estimate of drug-likeness (QED) is 0.0744. The van der Waals surface area contributed by atoms with Gasteiger partial charge in [-0.1, -0.05) is 77.6 Å². The smallest absolute Gasteiger partial charge is 0.348 e. The lowest BCUT2D eigenvalue weighted by molar-refractivity contribution is -0.225. The van der Waals surface area contributed by atoms with Crippen molar-refractivity contribution >= 4 is 41.8 Å². The molecule has 6 fully saturated rings. The SMILES string of the molecule is CCCCCC1(CCCCC)O[C@@H]2[C@H]3ON(Cc4cccc(C=CC(=O)O[C@H]5C(=O)OCC5(C)C)c4)[C@H]4C(=O)OC(CC34C(=O)N3CCC[C@@H]3C(=O)N[C@H](CO)CCC(=O)OC(C)(C)C)[C@@H]2O1. The highest BCUT2D eigenvalue weighted by Crippen LogP contribution is 2.59. The van der Waals surface area contributed by atoms with Crippen molar-refractivity contribution in [1.82, 2.24) is 15.3 Å². The first-order chi connectivity index (χ1) is 31.8. The molecule has 1 aliphatic carbocycles. The molecule has 17 nitrogen and oxygen atoms in total. The number of aliphatic hydroxyl groups is 1. The van der Waals surface area contributed by atoms with Crippen molar-refractivity contribution < 1.29 is 67.1 Å². The number of unbranched alkanes of at least 4 members (excludes halogenated alkanes) is 4. The van der Waals surface area contributed by atoms with E-state index in [9.17, 15) is 29.1 Å². The van der Waals surface area contributed by atoms with E-state index < -0.39 is 113 Å². The van der Waals surface area contributed by atoms with Crippen LogP contribution in [-0.2, 0) is 68.6 Å². The summed E-state index contributed by atoms with van der Waals surface area (Å²) < 4.78 is 36.3. The van der Waals surface area contributed by atoms with Gasteiger partial charge in [-0.15, -0.1) is 0 Å². The van der Waals surface area contributed by atoms with Gasteiger partial charge in [0.1, 0.15) is 48.1 Å². The van der Waals surface area contributed by atoms with Crippen LogP contribution in [0.3, 0.4) is 0 Å². The molecule has 1 aromatic rings. The molecule has 67 heavy (non-hydrogen) atoms. The molecular weight excluding hydrogens is 867 g/mol. The second-order valence-corrected chi connectivity index (χ2v) is 20.9. The Balaban J connectivity index is 1.16.